The number of carbonyl (C=O) groups is 1. The van der Waals surface area contributed by atoms with Crippen LogP contribution in [0.2, 0.25) is 0 Å². The van der Waals surface area contributed by atoms with Crippen molar-refractivity contribution in [3.8, 4) is 12.3 Å². The van der Waals surface area contributed by atoms with Crippen LogP contribution in [0, 0.1) is 12.3 Å². The molecule has 1 aliphatic heterocycles. The Kier molecular flexibility index (Phi) is 6.96. The van der Waals surface area contributed by atoms with E-state index in [1.54, 1.807) is 27.7 Å². The van der Waals surface area contributed by atoms with Gasteiger partial charge in [0.1, 0.15) is 5.60 Å². The quantitative estimate of drug-likeness (QED) is 0.664. The lowest BCUT2D eigenvalue weighted by molar-refractivity contribution is -0.137. The van der Waals surface area contributed by atoms with Crippen LogP contribution in [0.5, 0.6) is 0 Å². The number of aromatic nitrogens is 2. The van der Waals surface area contributed by atoms with Crippen molar-refractivity contribution in [2.75, 3.05) is 11.9 Å². The Balaban J connectivity index is 1.88. The van der Waals surface area contributed by atoms with Crippen LogP contribution in [0.1, 0.15) is 56.1 Å². The van der Waals surface area contributed by atoms with Crippen molar-refractivity contribution in [2.24, 2.45) is 0 Å². The van der Waals surface area contributed by atoms with Crippen LogP contribution in [-0.4, -0.2) is 32.7 Å². The smallest absolute Gasteiger partial charge is 0.416 e. The lowest BCUT2D eigenvalue weighted by Crippen LogP contribution is -2.43. The van der Waals surface area contributed by atoms with Crippen LogP contribution in [0.4, 0.5) is 23.9 Å². The summed E-state index contributed by atoms with van der Waals surface area (Å²) < 4.78 is 45.3. The van der Waals surface area contributed by atoms with Crippen LogP contribution < -0.4 is 10.9 Å². The average molecular weight is 476 g/mol. The summed E-state index contributed by atoms with van der Waals surface area (Å²) in [6, 6.07) is 4.32. The van der Waals surface area contributed by atoms with E-state index in [2.05, 4.69) is 16.2 Å². The van der Waals surface area contributed by atoms with Gasteiger partial charge in [-0.25, -0.2) is 9.78 Å². The molecule has 3 rings (SSSR count). The van der Waals surface area contributed by atoms with Crippen molar-refractivity contribution in [3.63, 3.8) is 0 Å². The van der Waals surface area contributed by atoms with Crippen molar-refractivity contribution in [1.82, 2.24) is 14.5 Å². The molecule has 0 spiro atoms. The number of hydrogen-bond acceptors (Lipinski definition) is 5. The zero-order valence-corrected chi connectivity index (χ0v) is 19.5. The molecule has 1 aromatic heterocycles. The molecule has 1 N–H and O–H groups in total. The molecule has 0 unspecified atom stereocenters. The Labute approximate surface area is 195 Å². The Morgan fingerprint density at radius 2 is 1.91 bits per heavy atom. The van der Waals surface area contributed by atoms with Crippen LogP contribution in [0.25, 0.3) is 0 Å². The van der Waals surface area contributed by atoms with Crippen molar-refractivity contribution in [3.05, 3.63) is 57.0 Å². The van der Waals surface area contributed by atoms with Gasteiger partial charge >= 0.3 is 12.3 Å². The SMILES string of the molecule is C#CCn1c(N[C@@H](C)c2ccc(C(F)(F)F)cc2)nc2c(c1=O)CN(C(=O)OC(C)(C)C)CC2. The molecule has 0 saturated carbocycles. The van der Waals surface area contributed by atoms with Gasteiger partial charge in [-0.1, -0.05) is 18.1 Å². The van der Waals surface area contributed by atoms with Gasteiger partial charge in [-0.05, 0) is 45.4 Å². The van der Waals surface area contributed by atoms with E-state index >= 15 is 0 Å². The molecule has 0 bridgehead atoms. The molecular formula is C24H27F3N4O3. The van der Waals surface area contributed by atoms with Gasteiger partial charge in [0.2, 0.25) is 5.95 Å². The van der Waals surface area contributed by atoms with E-state index in [0.717, 1.165) is 12.1 Å². The van der Waals surface area contributed by atoms with Crippen LogP contribution in [0.3, 0.4) is 0 Å². The van der Waals surface area contributed by atoms with Gasteiger partial charge < -0.3 is 15.0 Å². The van der Waals surface area contributed by atoms with Crippen molar-refractivity contribution in [2.45, 2.75) is 65.0 Å². The molecular weight excluding hydrogens is 449 g/mol. The van der Waals surface area contributed by atoms with E-state index in [9.17, 15) is 22.8 Å². The number of nitrogens with one attached hydrogen (secondary N) is 1. The third-order valence-electron chi connectivity index (χ3n) is 5.30. The highest BCUT2D eigenvalue weighted by molar-refractivity contribution is 5.68. The fourth-order valence-corrected chi connectivity index (χ4v) is 3.58. The second-order valence-corrected chi connectivity index (χ2v) is 9.09. The third kappa shape index (κ3) is 5.71. The van der Waals surface area contributed by atoms with Crippen molar-refractivity contribution >= 4 is 12.0 Å². The van der Waals surface area contributed by atoms with Gasteiger partial charge in [0.25, 0.3) is 5.56 Å². The number of amides is 1. The minimum atomic E-state index is -4.42. The number of halogens is 3. The predicted octanol–water partition coefficient (Wildman–Crippen LogP) is 4.36. The molecule has 2 heterocycles. The van der Waals surface area contributed by atoms with Crippen LogP contribution >= 0.6 is 0 Å². The number of rotatable bonds is 4. The Bertz CT molecular complexity index is 1160. The third-order valence-corrected chi connectivity index (χ3v) is 5.30. The molecule has 7 nitrogen and oxygen atoms in total. The minimum absolute atomic E-state index is 0.0510. The first-order valence-electron chi connectivity index (χ1n) is 10.8. The Morgan fingerprint density at radius 3 is 2.47 bits per heavy atom. The molecule has 0 fully saturated rings. The van der Waals surface area contributed by atoms with Gasteiger partial charge in [0, 0.05) is 13.0 Å². The van der Waals surface area contributed by atoms with E-state index in [1.165, 1.54) is 21.6 Å². The first-order chi connectivity index (χ1) is 15.8. The van der Waals surface area contributed by atoms with E-state index in [-0.39, 0.29) is 24.6 Å². The molecule has 1 amide bonds. The summed E-state index contributed by atoms with van der Waals surface area (Å²) in [6.07, 6.45) is 0.878. The number of ether oxygens (including phenoxy) is 1. The topological polar surface area (TPSA) is 76.5 Å². The highest BCUT2D eigenvalue weighted by atomic mass is 19.4. The molecule has 1 aliphatic rings. The lowest BCUT2D eigenvalue weighted by atomic mass is 10.1. The van der Waals surface area contributed by atoms with Crippen LogP contribution in [-0.2, 0) is 30.4 Å². The van der Waals surface area contributed by atoms with E-state index in [4.69, 9.17) is 11.2 Å². The summed E-state index contributed by atoms with van der Waals surface area (Å²) in [7, 11) is 0. The largest absolute Gasteiger partial charge is 0.444 e. The highest BCUT2D eigenvalue weighted by Crippen LogP contribution is 2.30. The minimum Gasteiger partial charge on any atom is -0.444 e. The van der Waals surface area contributed by atoms with E-state index < -0.39 is 29.5 Å². The Hall–Kier alpha value is -3.48. The monoisotopic (exact) mass is 476 g/mol. The zero-order chi connectivity index (χ0) is 25.3. The maximum Gasteiger partial charge on any atom is 0.416 e. The number of anilines is 1. The predicted molar refractivity (Wildman–Crippen MR) is 121 cm³/mol. The summed E-state index contributed by atoms with van der Waals surface area (Å²) >= 11 is 0. The maximum absolute atomic E-state index is 13.2. The lowest BCUT2D eigenvalue weighted by Gasteiger charge is -2.31. The first-order valence-corrected chi connectivity index (χ1v) is 10.8. The van der Waals surface area contributed by atoms with Gasteiger partial charge in [0.15, 0.2) is 0 Å². The maximum atomic E-state index is 13.2. The summed E-state index contributed by atoms with van der Waals surface area (Å²) in [5, 5.41) is 3.10. The second-order valence-electron chi connectivity index (χ2n) is 9.09. The van der Waals surface area contributed by atoms with Gasteiger partial charge in [-0.2, -0.15) is 13.2 Å². The Morgan fingerprint density at radius 1 is 1.26 bits per heavy atom. The first kappa shape index (κ1) is 25.1. The molecule has 10 heteroatoms. The normalized spacial score (nSPS) is 14.7. The molecule has 0 aliphatic carbocycles. The average Bonchev–Trinajstić information content (AvgIpc) is 2.74. The molecule has 0 saturated heterocycles. The zero-order valence-electron chi connectivity index (χ0n) is 19.5. The number of carbonyl (C=O) groups excluding carboxylic acids is 1. The van der Waals surface area contributed by atoms with Gasteiger partial charge in [-0.3, -0.25) is 9.36 Å². The summed E-state index contributed by atoms with van der Waals surface area (Å²) in [5.41, 5.74) is -0.294. The van der Waals surface area contributed by atoms with Gasteiger partial charge in [0.05, 0.1) is 36.0 Å². The molecule has 0 radical (unpaired) electrons. The standard InChI is InChI=1S/C24H27F3N4O3/c1-6-12-31-20(32)18-14-30(22(33)34-23(3,4)5)13-11-19(18)29-21(31)28-15(2)16-7-9-17(10-8-16)24(25,26)27/h1,7-10,15H,11-14H2,2-5H3,(H,28,29)/t15-/m0/s1. The number of benzene rings is 1. The molecule has 1 atom stereocenters. The molecule has 1 aromatic carbocycles. The van der Waals surface area contributed by atoms with Gasteiger partial charge in [-0.15, -0.1) is 6.42 Å². The van der Waals surface area contributed by atoms with E-state index in [1.807, 2.05) is 0 Å². The van der Waals surface area contributed by atoms with Crippen LogP contribution in [0.15, 0.2) is 29.1 Å². The number of terminal acetylenes is 1. The molecule has 34 heavy (non-hydrogen) atoms. The molecule has 2 aromatic rings. The summed E-state index contributed by atoms with van der Waals surface area (Å²) in [6.45, 7) is 7.36. The molecule has 182 valence electrons. The summed E-state index contributed by atoms with van der Waals surface area (Å²) in [4.78, 5) is 31.7. The highest BCUT2D eigenvalue weighted by Gasteiger charge is 2.31. The fourth-order valence-electron chi connectivity index (χ4n) is 3.58. The number of alkyl halides is 3. The van der Waals surface area contributed by atoms with E-state index in [0.29, 0.717) is 29.8 Å². The van der Waals surface area contributed by atoms with Crippen molar-refractivity contribution < 1.29 is 22.7 Å². The number of nitrogens with zero attached hydrogens (tertiary/aromatic N) is 3. The number of hydrogen-bond donors (Lipinski definition) is 1. The summed E-state index contributed by atoms with van der Waals surface area (Å²) in [5.74, 6) is 2.65. The van der Waals surface area contributed by atoms with Crippen molar-refractivity contribution in [1.29, 1.82) is 0 Å². The fraction of sp³-hybridized carbons (Fsp3) is 0.458. The number of fused-ring (bicyclic) bond motifs is 1. The second kappa shape index (κ2) is 9.41.